The Morgan fingerprint density at radius 1 is 0.897 bits per heavy atom. The number of nitrogens with zero attached hydrogens (tertiary/aromatic N) is 7. The van der Waals surface area contributed by atoms with Crippen molar-refractivity contribution in [1.29, 1.82) is 0 Å². The summed E-state index contributed by atoms with van der Waals surface area (Å²) in [4.78, 5) is 61.7. The third-order valence-electron chi connectivity index (χ3n) is 11.6. The van der Waals surface area contributed by atoms with Gasteiger partial charge in [0.1, 0.15) is 11.7 Å². The number of aryl methyl sites for hydroxylation is 2. The molecule has 2 aromatic carbocycles. The van der Waals surface area contributed by atoms with E-state index >= 15 is 0 Å². The van der Waals surface area contributed by atoms with E-state index in [-0.39, 0.29) is 40.9 Å². The highest BCUT2D eigenvalue weighted by Gasteiger charge is 2.32. The number of anilines is 2. The van der Waals surface area contributed by atoms with Crippen molar-refractivity contribution >= 4 is 55.5 Å². The van der Waals surface area contributed by atoms with Crippen molar-refractivity contribution in [2.45, 2.75) is 81.7 Å². The van der Waals surface area contributed by atoms with Crippen LogP contribution in [0.25, 0.3) is 22.1 Å². The molecule has 2 aliphatic heterocycles. The Morgan fingerprint density at radius 3 is 2.45 bits per heavy atom. The molecule has 2 amide bonds. The van der Waals surface area contributed by atoms with Crippen LogP contribution >= 0.6 is 0 Å². The van der Waals surface area contributed by atoms with Crippen LogP contribution in [0.3, 0.4) is 0 Å². The number of sulfonamides is 1. The molecule has 3 aliphatic rings. The number of aromatic nitrogens is 5. The van der Waals surface area contributed by atoms with E-state index in [2.05, 4.69) is 32.4 Å². The number of benzene rings is 2. The molecule has 3 fully saturated rings. The number of piperazine rings is 1. The summed E-state index contributed by atoms with van der Waals surface area (Å²) in [5, 5.41) is 6.36. The number of fused-ring (bicyclic) bond motifs is 2. The third-order valence-corrected chi connectivity index (χ3v) is 13.5. The van der Waals surface area contributed by atoms with E-state index < -0.39 is 22.0 Å². The van der Waals surface area contributed by atoms with Crippen molar-refractivity contribution in [2.24, 2.45) is 7.05 Å². The van der Waals surface area contributed by atoms with Crippen molar-refractivity contribution in [3.8, 4) is 11.8 Å². The average Bonchev–Trinajstić information content (AvgIpc) is 3.83. The third kappa shape index (κ3) is 7.81. The molecule has 2 saturated heterocycles. The van der Waals surface area contributed by atoms with Gasteiger partial charge in [-0.15, -0.1) is 0 Å². The van der Waals surface area contributed by atoms with E-state index in [9.17, 15) is 27.6 Å². The topological polar surface area (TPSA) is 174 Å². The first-order chi connectivity index (χ1) is 28.0. The lowest BCUT2D eigenvalue weighted by Gasteiger charge is -2.34. The van der Waals surface area contributed by atoms with Crippen LogP contribution in [0.2, 0.25) is 0 Å². The maximum atomic E-state index is 13.7. The summed E-state index contributed by atoms with van der Waals surface area (Å²) < 4.78 is 33.7. The second-order valence-corrected chi connectivity index (χ2v) is 17.4. The number of amides is 2. The minimum atomic E-state index is -3.69. The van der Waals surface area contributed by atoms with Crippen LogP contribution < -0.4 is 21.9 Å². The fourth-order valence-electron chi connectivity index (χ4n) is 8.40. The largest absolute Gasteiger partial charge is 0.329 e. The number of unbranched alkanes of at least 4 members (excludes halogenated alkanes) is 2. The first-order valence-electron chi connectivity index (χ1n) is 20.0. The molecule has 5 aromatic rings. The van der Waals surface area contributed by atoms with E-state index in [0.717, 1.165) is 61.6 Å². The predicted molar refractivity (Wildman–Crippen MR) is 220 cm³/mol. The van der Waals surface area contributed by atoms with E-state index in [0.29, 0.717) is 60.9 Å². The minimum absolute atomic E-state index is 0.0660. The number of hydrogen-bond acceptors (Lipinski definition) is 10. The molecule has 302 valence electrons. The number of carbonyl (C=O) groups is 2. The number of hydrogen-bond donors (Lipinski definition) is 2. The molecule has 1 aliphatic carbocycles. The van der Waals surface area contributed by atoms with Crippen molar-refractivity contribution in [2.75, 3.05) is 38.0 Å². The van der Waals surface area contributed by atoms with Gasteiger partial charge in [-0.05, 0) is 93.6 Å². The number of piperidine rings is 1. The summed E-state index contributed by atoms with van der Waals surface area (Å²) >= 11 is 0. The lowest BCUT2D eigenvalue weighted by molar-refractivity contribution is -0.135. The number of imidazole rings is 1. The van der Waals surface area contributed by atoms with Crippen molar-refractivity contribution < 1.29 is 18.0 Å². The van der Waals surface area contributed by atoms with Crippen LogP contribution in [0, 0.1) is 18.8 Å². The number of carbonyl (C=O) groups excluding carboxylic acids is 2. The number of imide groups is 1. The molecule has 0 radical (unpaired) electrons. The number of nitrogens with one attached hydrogen (secondary N) is 2. The molecule has 5 heterocycles. The second kappa shape index (κ2) is 16.3. The number of pyridine rings is 1. The zero-order chi connectivity index (χ0) is 40.6. The monoisotopic (exact) mass is 805 g/mol. The molecule has 1 unspecified atom stereocenters. The van der Waals surface area contributed by atoms with Crippen LogP contribution in [0.5, 0.6) is 0 Å². The summed E-state index contributed by atoms with van der Waals surface area (Å²) in [6.45, 7) is 4.81. The Kier molecular flexibility index (Phi) is 11.0. The van der Waals surface area contributed by atoms with Crippen molar-refractivity contribution in [3.63, 3.8) is 0 Å². The van der Waals surface area contributed by atoms with Gasteiger partial charge in [0.15, 0.2) is 0 Å². The first kappa shape index (κ1) is 39.2. The van der Waals surface area contributed by atoms with E-state index in [1.807, 2.05) is 19.1 Å². The predicted octanol–water partition coefficient (Wildman–Crippen LogP) is 4.12. The van der Waals surface area contributed by atoms with Crippen molar-refractivity contribution in [1.82, 2.24) is 38.2 Å². The van der Waals surface area contributed by atoms with Crippen LogP contribution in [0.15, 0.2) is 69.2 Å². The highest BCUT2D eigenvalue weighted by molar-refractivity contribution is 7.89. The minimum Gasteiger partial charge on any atom is -0.324 e. The Morgan fingerprint density at radius 2 is 1.69 bits per heavy atom. The van der Waals surface area contributed by atoms with E-state index in [4.69, 9.17) is 4.98 Å². The lowest BCUT2D eigenvalue weighted by Crippen LogP contribution is -2.48. The molecule has 1 saturated carbocycles. The molecule has 3 aromatic heterocycles. The molecule has 2 N–H and O–H groups in total. The summed E-state index contributed by atoms with van der Waals surface area (Å²) in [7, 11) is -2.03. The fraction of sp³-hybridized carbons (Fsp3) is 0.429. The van der Waals surface area contributed by atoms with Crippen LogP contribution in [0.1, 0.15) is 81.0 Å². The lowest BCUT2D eigenvalue weighted by atomic mass is 10.1. The molecule has 58 heavy (non-hydrogen) atoms. The highest BCUT2D eigenvalue weighted by Crippen LogP contribution is 2.31. The van der Waals surface area contributed by atoms with Gasteiger partial charge in [-0.25, -0.2) is 18.2 Å². The SMILES string of the molecule is Cc1cc(S(=O)(=O)N2CCN(CCCCC#Cc3ccc4c(c3)n(C)c(=O)n4C3CCC(=O)NC3=O)CC2)ccc1Nc1ncc2ccc(=O)n(C3CCCC3)c2n1. The van der Waals surface area contributed by atoms with Gasteiger partial charge in [0.2, 0.25) is 27.8 Å². The Balaban J connectivity index is 0.822. The number of rotatable bonds is 10. The van der Waals surface area contributed by atoms with Gasteiger partial charge < -0.3 is 10.2 Å². The van der Waals surface area contributed by atoms with Crippen LogP contribution in [-0.2, 0) is 26.7 Å². The van der Waals surface area contributed by atoms with Gasteiger partial charge >= 0.3 is 5.69 Å². The van der Waals surface area contributed by atoms with Gasteiger partial charge in [0.05, 0.1) is 15.9 Å². The van der Waals surface area contributed by atoms with Gasteiger partial charge in [0.25, 0.3) is 5.56 Å². The second-order valence-electron chi connectivity index (χ2n) is 15.4. The maximum Gasteiger partial charge on any atom is 0.329 e. The fourth-order valence-corrected chi connectivity index (χ4v) is 9.91. The molecule has 0 spiro atoms. The van der Waals surface area contributed by atoms with Crippen LogP contribution in [0.4, 0.5) is 11.6 Å². The molecular weight excluding hydrogens is 759 g/mol. The van der Waals surface area contributed by atoms with Gasteiger partial charge in [0, 0.05) is 81.0 Å². The van der Waals surface area contributed by atoms with Crippen molar-refractivity contribution in [3.05, 3.63) is 86.7 Å². The summed E-state index contributed by atoms with van der Waals surface area (Å²) in [5.41, 5.74) is 3.72. The molecule has 15 nitrogen and oxygen atoms in total. The van der Waals surface area contributed by atoms with E-state index in [1.165, 1.54) is 9.13 Å². The summed E-state index contributed by atoms with van der Waals surface area (Å²) in [5.74, 6) is 5.99. The first-order valence-corrected chi connectivity index (χ1v) is 21.4. The molecular formula is C42H47N9O6S. The normalized spacial score (nSPS) is 18.4. The zero-order valence-electron chi connectivity index (χ0n) is 32.7. The van der Waals surface area contributed by atoms with Gasteiger partial charge in [-0.1, -0.05) is 24.7 Å². The molecule has 8 rings (SSSR count). The smallest absolute Gasteiger partial charge is 0.324 e. The van der Waals surface area contributed by atoms with Gasteiger partial charge in [-0.2, -0.15) is 9.29 Å². The summed E-state index contributed by atoms with van der Waals surface area (Å²) in [6, 6.07) is 13.3. The molecule has 16 heteroatoms. The van der Waals surface area contributed by atoms with Crippen LogP contribution in [-0.4, -0.2) is 85.8 Å². The standard InChI is InChI=1S/C42H47N9O6S/c1-28-25-32(14-15-33(28)44-41-43-27-30-13-19-38(53)50(39(30)46-41)31-10-6-7-11-31)58(56,57)49-23-21-48(22-24-49)20-8-4-3-5-9-29-12-16-34-36(26-29)47(2)42(55)51(34)35-17-18-37(52)45-40(35)54/h12-16,19,25-27,31,35H,3-4,6-8,10-11,17-18,20-24H2,1-2H3,(H,43,44,46)(H,45,52,54). The molecule has 0 bridgehead atoms. The Hall–Kier alpha value is -5.63. The van der Waals surface area contributed by atoms with Gasteiger partial charge in [-0.3, -0.25) is 33.4 Å². The quantitative estimate of drug-likeness (QED) is 0.119. The molecule has 1 atom stereocenters. The Bertz CT molecular complexity index is 2710. The Labute approximate surface area is 336 Å². The average molecular weight is 806 g/mol. The maximum absolute atomic E-state index is 13.7. The van der Waals surface area contributed by atoms with E-state index in [1.54, 1.807) is 58.5 Å². The highest BCUT2D eigenvalue weighted by atomic mass is 32.2. The zero-order valence-corrected chi connectivity index (χ0v) is 33.6. The summed E-state index contributed by atoms with van der Waals surface area (Å²) in [6.07, 6.45) is 8.78.